The van der Waals surface area contributed by atoms with E-state index < -0.39 is 11.7 Å². The maximum absolute atomic E-state index is 13.1. The van der Waals surface area contributed by atoms with Crippen LogP contribution in [0.25, 0.3) is 11.1 Å². The summed E-state index contributed by atoms with van der Waals surface area (Å²) in [7, 11) is 0. The molecule has 0 unspecified atom stereocenters. The number of benzene rings is 3. The van der Waals surface area contributed by atoms with Crippen LogP contribution in [0.4, 0.5) is 15.3 Å². The summed E-state index contributed by atoms with van der Waals surface area (Å²) in [6.07, 6.45) is -0.704. The summed E-state index contributed by atoms with van der Waals surface area (Å²) in [5.41, 5.74) is 8.31. The number of ether oxygens (including phenoxy) is 2. The highest BCUT2D eigenvalue weighted by molar-refractivity contribution is 14.1. The van der Waals surface area contributed by atoms with Crippen LogP contribution in [0.15, 0.2) is 54.6 Å². The van der Waals surface area contributed by atoms with Crippen molar-refractivity contribution < 1.29 is 19.1 Å². The van der Waals surface area contributed by atoms with Crippen molar-refractivity contribution >= 4 is 40.5 Å². The van der Waals surface area contributed by atoms with Crippen molar-refractivity contribution in [1.82, 2.24) is 9.80 Å². The molecule has 1 heterocycles. The smallest absolute Gasteiger partial charge is 0.411 e. The summed E-state index contributed by atoms with van der Waals surface area (Å²) in [5.74, 6) is 0.0150. The van der Waals surface area contributed by atoms with Gasteiger partial charge >= 0.3 is 12.2 Å². The number of nitrogens with zero attached hydrogens (tertiary/aromatic N) is 2. The second-order valence-corrected chi connectivity index (χ2v) is 13.0. The van der Waals surface area contributed by atoms with Crippen molar-refractivity contribution in [3.63, 3.8) is 0 Å². The Bertz CT molecular complexity index is 1410. The normalized spacial score (nSPS) is 15.3. The molecule has 0 aromatic heterocycles. The second-order valence-electron chi connectivity index (χ2n) is 11.8. The summed E-state index contributed by atoms with van der Waals surface area (Å²) < 4.78 is 12.5. The van der Waals surface area contributed by atoms with E-state index in [4.69, 9.17) is 9.47 Å². The van der Waals surface area contributed by atoms with Gasteiger partial charge in [0.1, 0.15) is 12.2 Å². The number of nitrogens with one attached hydrogen (secondary N) is 1. The molecule has 0 bridgehead atoms. The van der Waals surface area contributed by atoms with Crippen molar-refractivity contribution in [1.29, 1.82) is 0 Å². The van der Waals surface area contributed by atoms with Gasteiger partial charge in [-0.2, -0.15) is 0 Å². The van der Waals surface area contributed by atoms with Gasteiger partial charge in [-0.25, -0.2) is 9.59 Å². The fraction of sp³-hybridized carbons (Fsp3) is 0.394. The molecule has 1 saturated heterocycles. The molecule has 1 fully saturated rings. The van der Waals surface area contributed by atoms with Crippen LogP contribution in [0.1, 0.15) is 54.5 Å². The van der Waals surface area contributed by atoms with Crippen molar-refractivity contribution in [3.05, 3.63) is 86.0 Å². The molecule has 3 aromatic rings. The van der Waals surface area contributed by atoms with Gasteiger partial charge in [0.05, 0.1) is 5.69 Å². The summed E-state index contributed by atoms with van der Waals surface area (Å²) in [6.45, 7) is 13.5. The van der Waals surface area contributed by atoms with Gasteiger partial charge in [0.25, 0.3) is 0 Å². The molecule has 0 saturated carbocycles. The molecule has 0 atom stereocenters. The molecule has 216 valence electrons. The zero-order chi connectivity index (χ0) is 29.3. The Morgan fingerprint density at radius 3 is 2.10 bits per heavy atom. The summed E-state index contributed by atoms with van der Waals surface area (Å²) in [5, 5.41) is 3.06. The van der Waals surface area contributed by atoms with Gasteiger partial charge in [-0.05, 0) is 102 Å². The predicted molar refractivity (Wildman–Crippen MR) is 170 cm³/mol. The van der Waals surface area contributed by atoms with Crippen molar-refractivity contribution in [2.45, 2.75) is 52.7 Å². The molecule has 41 heavy (non-hydrogen) atoms. The van der Waals surface area contributed by atoms with E-state index in [-0.39, 0.29) is 18.6 Å². The zero-order valence-electron chi connectivity index (χ0n) is 24.4. The van der Waals surface area contributed by atoms with Gasteiger partial charge in [0.2, 0.25) is 0 Å². The molecule has 2 amide bonds. The van der Waals surface area contributed by atoms with Crippen LogP contribution in [0.2, 0.25) is 0 Å². The third-order valence-electron chi connectivity index (χ3n) is 7.88. The lowest BCUT2D eigenvalue weighted by Gasteiger charge is -2.36. The van der Waals surface area contributed by atoms with E-state index in [1.807, 2.05) is 52.0 Å². The minimum Gasteiger partial charge on any atom is -0.448 e. The van der Waals surface area contributed by atoms with E-state index in [0.717, 1.165) is 45.6 Å². The Morgan fingerprint density at radius 1 is 0.927 bits per heavy atom. The number of halogens is 1. The maximum Gasteiger partial charge on any atom is 0.411 e. The van der Waals surface area contributed by atoms with Crippen LogP contribution >= 0.6 is 22.6 Å². The molecule has 2 aliphatic rings. The Labute approximate surface area is 256 Å². The minimum atomic E-state index is -0.499. The van der Waals surface area contributed by atoms with E-state index in [2.05, 4.69) is 70.1 Å². The molecule has 1 aliphatic heterocycles. The van der Waals surface area contributed by atoms with Gasteiger partial charge in [-0.1, -0.05) is 48.5 Å². The maximum atomic E-state index is 13.1. The number of piperazine rings is 1. The lowest BCUT2D eigenvalue weighted by atomic mass is 9.98. The summed E-state index contributed by atoms with van der Waals surface area (Å²) >= 11 is 2.33. The highest BCUT2D eigenvalue weighted by atomic mass is 127. The molecule has 7 nitrogen and oxygen atoms in total. The Morgan fingerprint density at radius 2 is 1.51 bits per heavy atom. The molecule has 3 aromatic carbocycles. The Balaban J connectivity index is 1.23. The summed E-state index contributed by atoms with van der Waals surface area (Å²) in [6, 6.07) is 18.9. The average Bonchev–Trinajstić information content (AvgIpc) is 3.26. The standard InChI is InChI=1S/C33H38IN3O4/c1-21-23(19-36-14-16-37(17-15-36)32(39)41-33(3,4)5)18-29(34)22(2)30(21)35-31(38)40-20-28-26-12-8-6-10-24(26)25-11-7-9-13-27(25)28/h6-13,18,28H,14-17,19-20H2,1-5H3,(H,35,38). The summed E-state index contributed by atoms with van der Waals surface area (Å²) in [4.78, 5) is 29.7. The second kappa shape index (κ2) is 12.0. The monoisotopic (exact) mass is 667 g/mol. The van der Waals surface area contributed by atoms with Crippen molar-refractivity contribution in [3.8, 4) is 11.1 Å². The average molecular weight is 668 g/mol. The number of hydrogen-bond acceptors (Lipinski definition) is 5. The van der Waals surface area contributed by atoms with Gasteiger partial charge in [0.15, 0.2) is 0 Å². The van der Waals surface area contributed by atoms with Gasteiger partial charge in [-0.3, -0.25) is 10.2 Å². The number of fused-ring (bicyclic) bond motifs is 3. The number of hydrogen-bond donors (Lipinski definition) is 1. The Hall–Kier alpha value is -3.11. The number of carbonyl (C=O) groups is 2. The van der Waals surface area contributed by atoms with Crippen LogP contribution in [-0.2, 0) is 16.0 Å². The van der Waals surface area contributed by atoms with E-state index in [0.29, 0.717) is 13.1 Å². The first-order valence-corrected chi connectivity index (χ1v) is 15.2. The number of anilines is 1. The third-order valence-corrected chi connectivity index (χ3v) is 9.00. The molecule has 8 heteroatoms. The SMILES string of the molecule is Cc1c(I)cc(CN2CCN(C(=O)OC(C)(C)C)CC2)c(C)c1NC(=O)OCC1c2ccccc2-c2ccccc21. The zero-order valence-corrected chi connectivity index (χ0v) is 26.6. The van der Waals surface area contributed by atoms with Gasteiger partial charge < -0.3 is 14.4 Å². The van der Waals surface area contributed by atoms with Crippen LogP contribution in [0.5, 0.6) is 0 Å². The number of carbonyl (C=O) groups excluding carboxylic acids is 2. The van der Waals surface area contributed by atoms with Crippen LogP contribution in [-0.4, -0.2) is 60.4 Å². The predicted octanol–water partition coefficient (Wildman–Crippen LogP) is 7.32. The highest BCUT2D eigenvalue weighted by Gasteiger charge is 2.30. The quantitative estimate of drug-likeness (QED) is 0.289. The van der Waals surface area contributed by atoms with E-state index in [9.17, 15) is 9.59 Å². The van der Waals surface area contributed by atoms with Gasteiger partial charge in [-0.15, -0.1) is 0 Å². The van der Waals surface area contributed by atoms with Gasteiger partial charge in [0, 0.05) is 42.2 Å². The molecular weight excluding hydrogens is 629 g/mol. The molecule has 0 radical (unpaired) electrons. The fourth-order valence-corrected chi connectivity index (χ4v) is 6.32. The van der Waals surface area contributed by atoms with E-state index in [1.54, 1.807) is 4.90 Å². The topological polar surface area (TPSA) is 71.1 Å². The van der Waals surface area contributed by atoms with Crippen LogP contribution in [0, 0.1) is 17.4 Å². The van der Waals surface area contributed by atoms with Crippen molar-refractivity contribution in [2.75, 3.05) is 38.1 Å². The first-order chi connectivity index (χ1) is 19.5. The number of rotatable bonds is 5. The molecule has 1 aliphatic carbocycles. The fourth-order valence-electron chi connectivity index (χ4n) is 5.67. The van der Waals surface area contributed by atoms with Crippen molar-refractivity contribution in [2.24, 2.45) is 0 Å². The van der Waals surface area contributed by atoms with Crippen LogP contribution < -0.4 is 5.32 Å². The first-order valence-electron chi connectivity index (χ1n) is 14.1. The lowest BCUT2D eigenvalue weighted by molar-refractivity contribution is 0.0139. The molecule has 0 spiro atoms. The Kier molecular flexibility index (Phi) is 8.61. The van der Waals surface area contributed by atoms with E-state index >= 15 is 0 Å². The highest BCUT2D eigenvalue weighted by Crippen LogP contribution is 2.44. The lowest BCUT2D eigenvalue weighted by Crippen LogP contribution is -2.49. The first kappa shape index (κ1) is 29.4. The van der Waals surface area contributed by atoms with E-state index in [1.165, 1.54) is 22.3 Å². The third kappa shape index (κ3) is 6.54. The largest absolute Gasteiger partial charge is 0.448 e. The van der Waals surface area contributed by atoms with Crippen LogP contribution in [0.3, 0.4) is 0 Å². The minimum absolute atomic E-state index is 0.0150. The number of amides is 2. The molecule has 1 N–H and O–H groups in total. The molecular formula is C33H38IN3O4. The molecule has 5 rings (SSSR count).